The highest BCUT2D eigenvalue weighted by atomic mass is 35.5. The van der Waals surface area contributed by atoms with Gasteiger partial charge in [-0.15, -0.1) is 0 Å². The zero-order chi connectivity index (χ0) is 32.4. The average molecular weight is 646 g/mol. The number of carbonyl (C=O) groups is 1. The molecule has 2 unspecified atom stereocenters. The fraction of sp³-hybridized carbons (Fsp3) is 0.389. The average Bonchev–Trinajstić information content (AvgIpc) is 3.26. The Balaban J connectivity index is 1.35. The zero-order valence-corrected chi connectivity index (χ0v) is 27.4. The maximum absolute atomic E-state index is 14.1. The second-order valence-electron chi connectivity index (χ2n) is 12.0. The summed E-state index contributed by atoms with van der Waals surface area (Å²) in [5.74, 6) is 1.73. The van der Waals surface area contributed by atoms with E-state index in [4.69, 9.17) is 30.5 Å². The first-order chi connectivity index (χ1) is 22.3. The van der Waals surface area contributed by atoms with Gasteiger partial charge >= 0.3 is 0 Å². The number of carbonyl (C=O) groups excluding carboxylic acids is 1. The van der Waals surface area contributed by atoms with Gasteiger partial charge in [0.15, 0.2) is 11.5 Å². The second-order valence-corrected chi connectivity index (χ2v) is 12.4. The molecule has 1 N–H and O–H groups in total. The van der Waals surface area contributed by atoms with Gasteiger partial charge in [-0.05, 0) is 75.0 Å². The number of aryl methyl sites for hydroxylation is 1. The van der Waals surface area contributed by atoms with Gasteiger partial charge in [-0.25, -0.2) is 0 Å². The molecule has 2 bridgehead atoms. The summed E-state index contributed by atoms with van der Waals surface area (Å²) >= 11 is 7.06. The molecule has 4 aromatic rings. The van der Waals surface area contributed by atoms with Crippen LogP contribution in [-0.4, -0.2) is 54.8 Å². The van der Waals surface area contributed by atoms with Crippen LogP contribution in [0.2, 0.25) is 5.02 Å². The first-order valence-electron chi connectivity index (χ1n) is 15.7. The molecule has 3 aromatic carbocycles. The number of halogens is 1. The Morgan fingerprint density at radius 1 is 0.913 bits per heavy atom. The summed E-state index contributed by atoms with van der Waals surface area (Å²) in [6.45, 7) is 2.88. The lowest BCUT2D eigenvalue weighted by Crippen LogP contribution is -2.49. The maximum atomic E-state index is 14.1. The van der Waals surface area contributed by atoms with Gasteiger partial charge in [0.25, 0.3) is 5.91 Å². The minimum Gasteiger partial charge on any atom is -0.497 e. The molecule has 1 aromatic heterocycles. The van der Waals surface area contributed by atoms with Crippen LogP contribution in [0.3, 0.4) is 0 Å². The Morgan fingerprint density at radius 3 is 2.02 bits per heavy atom. The van der Waals surface area contributed by atoms with Crippen molar-refractivity contribution in [2.45, 2.75) is 70.5 Å². The minimum absolute atomic E-state index is 0.0268. The van der Waals surface area contributed by atoms with Gasteiger partial charge in [-0.3, -0.25) is 9.59 Å². The van der Waals surface area contributed by atoms with Gasteiger partial charge in [0.05, 0.1) is 30.1 Å². The van der Waals surface area contributed by atoms with Gasteiger partial charge in [-0.2, -0.15) is 0 Å². The maximum Gasteiger partial charge on any atom is 0.256 e. The van der Waals surface area contributed by atoms with E-state index in [0.717, 1.165) is 48.3 Å². The summed E-state index contributed by atoms with van der Waals surface area (Å²) in [5, 5.41) is 3.49. The molecular weight excluding hydrogens is 606 g/mol. The predicted octanol–water partition coefficient (Wildman–Crippen LogP) is 6.21. The van der Waals surface area contributed by atoms with Crippen molar-refractivity contribution in [3.05, 3.63) is 92.7 Å². The van der Waals surface area contributed by atoms with Crippen LogP contribution in [0.1, 0.15) is 54.1 Å². The summed E-state index contributed by atoms with van der Waals surface area (Å²) in [4.78, 5) is 30.1. The Morgan fingerprint density at radius 2 is 1.48 bits per heavy atom. The molecule has 2 aliphatic heterocycles. The van der Waals surface area contributed by atoms with Gasteiger partial charge in [-0.1, -0.05) is 35.9 Å². The van der Waals surface area contributed by atoms with Crippen molar-refractivity contribution >= 4 is 28.4 Å². The second kappa shape index (κ2) is 13.6. The number of hydrogen-bond acceptors (Lipinski definition) is 7. The van der Waals surface area contributed by atoms with Crippen LogP contribution in [-0.2, 0) is 19.8 Å². The Kier molecular flexibility index (Phi) is 9.42. The van der Waals surface area contributed by atoms with E-state index >= 15 is 0 Å². The third kappa shape index (κ3) is 6.39. The molecule has 0 radical (unpaired) electrons. The Hall–Kier alpha value is -4.21. The van der Waals surface area contributed by atoms with Crippen LogP contribution in [0, 0.1) is 0 Å². The molecule has 2 fully saturated rings. The van der Waals surface area contributed by atoms with Crippen LogP contribution in [0.15, 0.2) is 65.6 Å². The summed E-state index contributed by atoms with van der Waals surface area (Å²) in [6.07, 6.45) is 5.68. The number of rotatable bonds is 11. The summed E-state index contributed by atoms with van der Waals surface area (Å²) in [7, 11) is 5.40. The summed E-state index contributed by atoms with van der Waals surface area (Å²) in [5.41, 5.74) is 1.99. The molecular formula is C36H40ClN3O6. The number of hydrogen-bond donors (Lipinski definition) is 1. The summed E-state index contributed by atoms with van der Waals surface area (Å²) in [6, 6.07) is 17.8. The van der Waals surface area contributed by atoms with Crippen molar-refractivity contribution in [2.24, 2.45) is 0 Å². The highest BCUT2D eigenvalue weighted by Crippen LogP contribution is 2.41. The lowest BCUT2D eigenvalue weighted by molar-refractivity contribution is 0.0881. The predicted molar refractivity (Wildman–Crippen MR) is 179 cm³/mol. The van der Waals surface area contributed by atoms with E-state index in [1.807, 2.05) is 60.0 Å². The molecule has 3 atom stereocenters. The fourth-order valence-electron chi connectivity index (χ4n) is 6.67. The quantitative estimate of drug-likeness (QED) is 0.208. The molecule has 0 spiro atoms. The Bertz CT molecular complexity index is 1760. The van der Waals surface area contributed by atoms with Crippen LogP contribution in [0.25, 0.3) is 10.9 Å². The smallest absolute Gasteiger partial charge is 0.256 e. The van der Waals surface area contributed by atoms with Crippen LogP contribution in [0.4, 0.5) is 0 Å². The minimum atomic E-state index is -0.436. The van der Waals surface area contributed by atoms with E-state index in [1.54, 1.807) is 26.5 Å². The lowest BCUT2D eigenvalue weighted by Gasteiger charge is -2.36. The number of aromatic nitrogens is 1. The van der Waals surface area contributed by atoms with Gasteiger partial charge < -0.3 is 33.7 Å². The first-order valence-corrected chi connectivity index (χ1v) is 16.1. The topological polar surface area (TPSA) is 91.3 Å². The van der Waals surface area contributed by atoms with E-state index in [2.05, 4.69) is 17.3 Å². The highest BCUT2D eigenvalue weighted by molar-refractivity contribution is 6.37. The third-order valence-corrected chi connectivity index (χ3v) is 9.71. The van der Waals surface area contributed by atoms with Crippen molar-refractivity contribution in [3.8, 4) is 23.0 Å². The van der Waals surface area contributed by atoms with Crippen LogP contribution in [0.5, 0.6) is 23.0 Å². The monoisotopic (exact) mass is 645 g/mol. The number of ether oxygens (including phenoxy) is 4. The number of pyridine rings is 1. The molecule has 242 valence electrons. The largest absolute Gasteiger partial charge is 0.497 e. The van der Waals surface area contributed by atoms with Crippen molar-refractivity contribution in [3.63, 3.8) is 0 Å². The van der Waals surface area contributed by atoms with Crippen molar-refractivity contribution < 1.29 is 23.7 Å². The molecule has 0 aliphatic carbocycles. The molecule has 0 saturated carbocycles. The van der Waals surface area contributed by atoms with Gasteiger partial charge in [0, 0.05) is 36.9 Å². The first kappa shape index (κ1) is 31.8. The van der Waals surface area contributed by atoms with E-state index in [-0.39, 0.29) is 46.9 Å². The molecule has 6 rings (SSSR count). The Labute approximate surface area is 274 Å². The molecule has 2 saturated heterocycles. The van der Waals surface area contributed by atoms with Crippen molar-refractivity contribution in [1.82, 2.24) is 14.8 Å². The SMILES string of the molecule is CCn1cc(C(=O)NC2CC3CC[C@@H](C2)N3C)c(=O)c2c(Cl)c(OCc3ccc(OC)cc3)c(OCc3ccc(OC)cc3)cc21. The molecule has 1 amide bonds. The van der Waals surface area contributed by atoms with E-state index in [9.17, 15) is 9.59 Å². The third-order valence-electron chi connectivity index (χ3n) is 9.35. The van der Waals surface area contributed by atoms with Crippen LogP contribution >= 0.6 is 11.6 Å². The van der Waals surface area contributed by atoms with Gasteiger partial charge in [0.2, 0.25) is 5.43 Å². The number of methoxy groups -OCH3 is 2. The van der Waals surface area contributed by atoms with E-state index < -0.39 is 5.43 Å². The number of benzene rings is 3. The number of fused-ring (bicyclic) bond motifs is 3. The molecule has 9 nitrogen and oxygen atoms in total. The number of nitrogens with one attached hydrogen (secondary N) is 1. The molecule has 3 heterocycles. The van der Waals surface area contributed by atoms with E-state index in [0.29, 0.717) is 29.9 Å². The molecule has 46 heavy (non-hydrogen) atoms. The van der Waals surface area contributed by atoms with E-state index in [1.165, 1.54) is 0 Å². The van der Waals surface area contributed by atoms with Crippen molar-refractivity contribution in [2.75, 3.05) is 21.3 Å². The number of amides is 1. The lowest BCUT2D eigenvalue weighted by atomic mass is 9.97. The summed E-state index contributed by atoms with van der Waals surface area (Å²) < 4.78 is 25.0. The highest BCUT2D eigenvalue weighted by Gasteiger charge is 2.39. The van der Waals surface area contributed by atoms with Crippen LogP contribution < -0.4 is 29.7 Å². The van der Waals surface area contributed by atoms with Crippen molar-refractivity contribution in [1.29, 1.82) is 0 Å². The standard InChI is InChI=1S/C36H40ClN3O6/c1-5-40-19-29(36(42)38-24-16-25-10-11-26(17-24)39(25)2)34(41)32-30(40)18-31(45-20-22-6-12-27(43-3)13-7-22)35(33(32)37)46-21-23-8-14-28(44-4)15-9-23/h6-9,12-15,18-19,24-26H,5,10-11,16-17,20-21H2,1-4H3,(H,38,42)/t24?,25-,26?/m0/s1. The number of piperidine rings is 1. The molecule has 2 aliphatic rings. The molecule has 10 heteroatoms. The number of nitrogens with zero attached hydrogens (tertiary/aromatic N) is 2. The van der Waals surface area contributed by atoms with Gasteiger partial charge in [0.1, 0.15) is 30.3 Å². The fourth-order valence-corrected chi connectivity index (χ4v) is 7.01. The normalized spacial score (nSPS) is 19.2. The zero-order valence-electron chi connectivity index (χ0n) is 26.7.